The number of nitrogens with zero attached hydrogens (tertiary/aromatic N) is 1. The second-order valence-corrected chi connectivity index (χ2v) is 9.11. The van der Waals surface area contributed by atoms with E-state index in [0.29, 0.717) is 35.8 Å². The van der Waals surface area contributed by atoms with Crippen molar-refractivity contribution in [3.05, 3.63) is 59.2 Å². The topological polar surface area (TPSA) is 83.5 Å². The standard InChI is InChI=1S/C27H33NO7/c1-27(2,3)35-26(30)28-12-11-21(23(16-28)25(29)33-6)22-9-7-8-10-24(22)34-17-18-13-19(31-4)15-20(14-18)32-5/h7-10,13-15H,11-12,16-17H2,1-6H3. The van der Waals surface area contributed by atoms with Gasteiger partial charge in [-0.15, -0.1) is 0 Å². The predicted octanol–water partition coefficient (Wildman–Crippen LogP) is 4.85. The lowest BCUT2D eigenvalue weighted by Gasteiger charge is -2.32. The van der Waals surface area contributed by atoms with Crippen molar-refractivity contribution in [2.75, 3.05) is 34.4 Å². The van der Waals surface area contributed by atoms with Crippen molar-refractivity contribution in [1.82, 2.24) is 4.90 Å². The van der Waals surface area contributed by atoms with E-state index in [-0.39, 0.29) is 13.2 Å². The number of carbonyl (C=O) groups is 2. The molecule has 0 fully saturated rings. The summed E-state index contributed by atoms with van der Waals surface area (Å²) in [7, 11) is 4.52. The molecule has 8 heteroatoms. The van der Waals surface area contributed by atoms with E-state index in [0.717, 1.165) is 16.7 Å². The van der Waals surface area contributed by atoms with Crippen LogP contribution in [0, 0.1) is 0 Å². The lowest BCUT2D eigenvalue weighted by atomic mass is 9.92. The van der Waals surface area contributed by atoms with Crippen LogP contribution < -0.4 is 14.2 Å². The van der Waals surface area contributed by atoms with E-state index in [1.165, 1.54) is 12.0 Å². The molecular formula is C27H33NO7. The van der Waals surface area contributed by atoms with Crippen LogP contribution in [0.5, 0.6) is 17.2 Å². The summed E-state index contributed by atoms with van der Waals surface area (Å²) in [6.07, 6.45) is -0.00807. The van der Waals surface area contributed by atoms with Gasteiger partial charge in [0.15, 0.2) is 0 Å². The zero-order valence-electron chi connectivity index (χ0n) is 21.2. The second-order valence-electron chi connectivity index (χ2n) is 9.11. The van der Waals surface area contributed by atoms with E-state index >= 15 is 0 Å². The minimum Gasteiger partial charge on any atom is -0.497 e. The Balaban J connectivity index is 1.89. The first-order valence-electron chi connectivity index (χ1n) is 11.4. The van der Waals surface area contributed by atoms with Crippen molar-refractivity contribution in [3.63, 3.8) is 0 Å². The number of para-hydroxylation sites is 1. The number of rotatable bonds is 7. The summed E-state index contributed by atoms with van der Waals surface area (Å²) in [5.74, 6) is 1.47. The number of hydrogen-bond acceptors (Lipinski definition) is 7. The number of esters is 1. The Morgan fingerprint density at radius 3 is 2.23 bits per heavy atom. The summed E-state index contributed by atoms with van der Waals surface area (Å²) in [5, 5.41) is 0. The maximum Gasteiger partial charge on any atom is 0.410 e. The average molecular weight is 484 g/mol. The average Bonchev–Trinajstić information content (AvgIpc) is 2.85. The quantitative estimate of drug-likeness (QED) is 0.521. The van der Waals surface area contributed by atoms with Crippen LogP contribution in [0.3, 0.4) is 0 Å². The van der Waals surface area contributed by atoms with Crippen LogP contribution >= 0.6 is 0 Å². The highest BCUT2D eigenvalue weighted by Crippen LogP contribution is 2.35. The van der Waals surface area contributed by atoms with E-state index in [2.05, 4.69) is 0 Å². The van der Waals surface area contributed by atoms with E-state index in [9.17, 15) is 9.59 Å². The third-order valence-corrected chi connectivity index (χ3v) is 5.45. The lowest BCUT2D eigenvalue weighted by Crippen LogP contribution is -2.42. The zero-order valence-corrected chi connectivity index (χ0v) is 21.2. The first-order valence-corrected chi connectivity index (χ1v) is 11.4. The Hall–Kier alpha value is -3.68. The van der Waals surface area contributed by atoms with Crippen molar-refractivity contribution in [2.24, 2.45) is 0 Å². The molecule has 2 aromatic rings. The molecule has 1 aliphatic rings. The molecule has 0 saturated heterocycles. The van der Waals surface area contributed by atoms with E-state index in [4.69, 9.17) is 23.7 Å². The van der Waals surface area contributed by atoms with Crippen molar-refractivity contribution in [2.45, 2.75) is 39.4 Å². The van der Waals surface area contributed by atoms with Crippen LogP contribution in [0.25, 0.3) is 5.57 Å². The molecule has 0 N–H and O–H groups in total. The normalized spacial score (nSPS) is 13.8. The summed E-state index contributed by atoms with van der Waals surface area (Å²) in [5.41, 5.74) is 2.22. The van der Waals surface area contributed by atoms with Crippen LogP contribution in [0.2, 0.25) is 0 Å². The summed E-state index contributed by atoms with van der Waals surface area (Å²) < 4.78 is 27.4. The molecule has 0 aliphatic carbocycles. The smallest absolute Gasteiger partial charge is 0.410 e. The Bertz CT molecular complexity index is 1080. The van der Waals surface area contributed by atoms with Crippen molar-refractivity contribution in [3.8, 4) is 17.2 Å². The fraction of sp³-hybridized carbons (Fsp3) is 0.407. The summed E-state index contributed by atoms with van der Waals surface area (Å²) in [4.78, 5) is 26.9. The van der Waals surface area contributed by atoms with Gasteiger partial charge in [0.2, 0.25) is 0 Å². The highest BCUT2D eigenvalue weighted by molar-refractivity contribution is 6.00. The van der Waals surface area contributed by atoms with Gasteiger partial charge < -0.3 is 28.6 Å². The fourth-order valence-electron chi connectivity index (χ4n) is 3.81. The summed E-state index contributed by atoms with van der Waals surface area (Å²) in [6.45, 7) is 6.20. The third kappa shape index (κ3) is 6.68. The first-order chi connectivity index (χ1) is 16.6. The fourth-order valence-corrected chi connectivity index (χ4v) is 3.81. The molecule has 1 amide bonds. The van der Waals surface area contributed by atoms with Gasteiger partial charge in [-0.1, -0.05) is 18.2 Å². The van der Waals surface area contributed by atoms with Crippen molar-refractivity contribution in [1.29, 1.82) is 0 Å². The van der Waals surface area contributed by atoms with Crippen LogP contribution in [0.1, 0.15) is 38.3 Å². The molecule has 35 heavy (non-hydrogen) atoms. The largest absolute Gasteiger partial charge is 0.497 e. The number of hydrogen-bond donors (Lipinski definition) is 0. The van der Waals surface area contributed by atoms with Crippen molar-refractivity contribution >= 4 is 17.6 Å². The Morgan fingerprint density at radius 1 is 0.971 bits per heavy atom. The minimum absolute atomic E-state index is 0.0956. The molecular weight excluding hydrogens is 450 g/mol. The molecule has 0 bridgehead atoms. The molecule has 0 aromatic heterocycles. The van der Waals surface area contributed by atoms with Crippen LogP contribution in [0.4, 0.5) is 4.79 Å². The predicted molar refractivity (Wildman–Crippen MR) is 132 cm³/mol. The molecule has 0 radical (unpaired) electrons. The van der Waals surface area contributed by atoms with Gasteiger partial charge in [0.25, 0.3) is 0 Å². The van der Waals surface area contributed by atoms with Gasteiger partial charge in [0, 0.05) is 18.2 Å². The monoisotopic (exact) mass is 483 g/mol. The van der Waals surface area contributed by atoms with Crippen LogP contribution in [0.15, 0.2) is 48.0 Å². The van der Waals surface area contributed by atoms with Gasteiger partial charge in [-0.3, -0.25) is 0 Å². The van der Waals surface area contributed by atoms with E-state index < -0.39 is 17.7 Å². The second kappa shape index (κ2) is 11.2. The minimum atomic E-state index is -0.629. The molecule has 188 valence electrons. The van der Waals surface area contributed by atoms with Gasteiger partial charge in [-0.05, 0) is 56.5 Å². The number of carbonyl (C=O) groups excluding carboxylic acids is 2. The zero-order chi connectivity index (χ0) is 25.6. The Labute approximate surface area is 206 Å². The maximum absolute atomic E-state index is 12.7. The molecule has 1 heterocycles. The lowest BCUT2D eigenvalue weighted by molar-refractivity contribution is -0.136. The summed E-state index contributed by atoms with van der Waals surface area (Å²) >= 11 is 0. The van der Waals surface area contributed by atoms with Gasteiger partial charge >= 0.3 is 12.1 Å². The molecule has 8 nitrogen and oxygen atoms in total. The molecule has 2 aromatic carbocycles. The molecule has 3 rings (SSSR count). The third-order valence-electron chi connectivity index (χ3n) is 5.45. The van der Waals surface area contributed by atoms with E-state index in [1.54, 1.807) is 20.3 Å². The van der Waals surface area contributed by atoms with Gasteiger partial charge in [-0.25, -0.2) is 9.59 Å². The van der Waals surface area contributed by atoms with Gasteiger partial charge in [-0.2, -0.15) is 0 Å². The SMILES string of the molecule is COC(=O)C1=C(c2ccccc2OCc2cc(OC)cc(OC)c2)CCN(C(=O)OC(C)(C)C)C1. The van der Waals surface area contributed by atoms with Crippen molar-refractivity contribution < 1.29 is 33.3 Å². The number of benzene rings is 2. The molecule has 0 spiro atoms. The number of amides is 1. The van der Waals surface area contributed by atoms with Gasteiger partial charge in [0.05, 0.1) is 33.4 Å². The Morgan fingerprint density at radius 2 is 1.63 bits per heavy atom. The number of ether oxygens (including phenoxy) is 5. The molecule has 0 unspecified atom stereocenters. The molecule has 0 atom stereocenters. The van der Waals surface area contributed by atoms with E-state index in [1.807, 2.05) is 57.2 Å². The summed E-state index contributed by atoms with van der Waals surface area (Å²) in [6, 6.07) is 13.1. The van der Waals surface area contributed by atoms with Crippen LogP contribution in [-0.4, -0.2) is 57.0 Å². The highest BCUT2D eigenvalue weighted by atomic mass is 16.6. The first kappa shape index (κ1) is 25.9. The highest BCUT2D eigenvalue weighted by Gasteiger charge is 2.31. The Kier molecular flexibility index (Phi) is 8.27. The maximum atomic E-state index is 12.7. The number of methoxy groups -OCH3 is 3. The molecule has 1 aliphatic heterocycles. The molecule has 0 saturated carbocycles. The van der Waals surface area contributed by atoms with Crippen LogP contribution in [-0.2, 0) is 20.9 Å². The van der Waals surface area contributed by atoms with Gasteiger partial charge in [0.1, 0.15) is 29.5 Å².